The van der Waals surface area contributed by atoms with Gasteiger partial charge in [-0.15, -0.1) is 0 Å². The van der Waals surface area contributed by atoms with E-state index in [9.17, 15) is 14.4 Å². The number of aromatic nitrogens is 1. The minimum atomic E-state index is -0.729. The summed E-state index contributed by atoms with van der Waals surface area (Å²) in [7, 11) is 0. The van der Waals surface area contributed by atoms with Crippen LogP contribution in [-0.2, 0) is 9.59 Å². The quantitative estimate of drug-likeness (QED) is 0.880. The molecule has 1 aromatic carbocycles. The molecule has 2 aromatic rings. The van der Waals surface area contributed by atoms with Crippen LogP contribution in [-0.4, -0.2) is 51.4 Å². The molecule has 7 nitrogen and oxygen atoms in total. The Bertz CT molecular complexity index is 908. The van der Waals surface area contributed by atoms with Crippen LogP contribution in [0.5, 0.6) is 0 Å². The van der Waals surface area contributed by atoms with E-state index in [0.717, 1.165) is 23.6 Å². The molecule has 2 aliphatic heterocycles. The van der Waals surface area contributed by atoms with Crippen molar-refractivity contribution in [1.29, 1.82) is 0 Å². The molecule has 3 heterocycles. The molecule has 0 saturated carbocycles. The Kier molecular flexibility index (Phi) is 4.51. The molecule has 2 fully saturated rings. The molecule has 140 valence electrons. The molecule has 0 aliphatic carbocycles. The second-order valence-electron chi connectivity index (χ2n) is 7.14. The van der Waals surface area contributed by atoms with Crippen LogP contribution < -0.4 is 5.32 Å². The van der Waals surface area contributed by atoms with Crippen LogP contribution in [0.4, 0.5) is 0 Å². The first-order valence-corrected chi connectivity index (χ1v) is 9.34. The van der Waals surface area contributed by atoms with Crippen molar-refractivity contribution in [3.63, 3.8) is 0 Å². The van der Waals surface area contributed by atoms with Crippen molar-refractivity contribution in [2.24, 2.45) is 0 Å². The van der Waals surface area contributed by atoms with Gasteiger partial charge in [-0.1, -0.05) is 24.3 Å². The number of nitrogens with zero attached hydrogens (tertiary/aromatic N) is 3. The highest BCUT2D eigenvalue weighted by molar-refractivity contribution is 6.06. The number of rotatable bonds is 2. The summed E-state index contributed by atoms with van der Waals surface area (Å²) in [5.74, 6) is -0.674. The predicted octanol–water partition coefficient (Wildman–Crippen LogP) is 1.88. The molecular weight excluding hydrogens is 344 g/mol. The van der Waals surface area contributed by atoms with Crippen molar-refractivity contribution in [3.05, 3.63) is 42.2 Å². The number of hydrogen-bond acceptors (Lipinski definition) is 4. The SMILES string of the molecule is C[C@@H]1CCCN2C(=O)CC[C@H](NC(=O)c3nccc4ccccc34)C(=O)N12. The van der Waals surface area contributed by atoms with Gasteiger partial charge in [-0.3, -0.25) is 24.4 Å². The highest BCUT2D eigenvalue weighted by Crippen LogP contribution is 2.24. The van der Waals surface area contributed by atoms with Crippen LogP contribution in [0.25, 0.3) is 10.8 Å². The summed E-state index contributed by atoms with van der Waals surface area (Å²) in [6.45, 7) is 2.49. The molecular formula is C20H22N4O3. The molecule has 7 heteroatoms. The van der Waals surface area contributed by atoms with Crippen LogP contribution in [0, 0.1) is 0 Å². The minimum Gasteiger partial charge on any atom is -0.339 e. The van der Waals surface area contributed by atoms with Crippen molar-refractivity contribution in [2.75, 3.05) is 6.54 Å². The lowest BCUT2D eigenvalue weighted by Crippen LogP contribution is -2.59. The zero-order valence-electron chi connectivity index (χ0n) is 15.2. The maximum atomic E-state index is 13.1. The fourth-order valence-corrected chi connectivity index (χ4v) is 3.93. The lowest BCUT2D eigenvalue weighted by Gasteiger charge is -2.42. The summed E-state index contributed by atoms with van der Waals surface area (Å²) in [6.07, 6.45) is 3.86. The highest BCUT2D eigenvalue weighted by atomic mass is 16.2. The number of pyridine rings is 1. The Morgan fingerprint density at radius 1 is 1.19 bits per heavy atom. The Hall–Kier alpha value is -2.96. The molecule has 1 aromatic heterocycles. The topological polar surface area (TPSA) is 82.6 Å². The lowest BCUT2D eigenvalue weighted by molar-refractivity contribution is -0.171. The second-order valence-corrected chi connectivity index (χ2v) is 7.14. The first-order chi connectivity index (χ1) is 13.1. The van der Waals surface area contributed by atoms with Crippen molar-refractivity contribution in [3.8, 4) is 0 Å². The fourth-order valence-electron chi connectivity index (χ4n) is 3.93. The van der Waals surface area contributed by atoms with Gasteiger partial charge in [0.2, 0.25) is 5.91 Å². The van der Waals surface area contributed by atoms with Crippen LogP contribution in [0.3, 0.4) is 0 Å². The van der Waals surface area contributed by atoms with Gasteiger partial charge in [-0.05, 0) is 37.6 Å². The van der Waals surface area contributed by atoms with Gasteiger partial charge < -0.3 is 5.32 Å². The van der Waals surface area contributed by atoms with Crippen LogP contribution >= 0.6 is 0 Å². The number of carbonyl (C=O) groups is 3. The summed E-state index contributed by atoms with van der Waals surface area (Å²) in [4.78, 5) is 42.6. The third kappa shape index (κ3) is 3.13. The van der Waals surface area contributed by atoms with Gasteiger partial charge >= 0.3 is 0 Å². The minimum absolute atomic E-state index is 0.0524. The molecule has 3 amide bonds. The van der Waals surface area contributed by atoms with E-state index in [2.05, 4.69) is 10.3 Å². The summed E-state index contributed by atoms with van der Waals surface area (Å²) in [5.41, 5.74) is 0.292. The Balaban J connectivity index is 1.60. The third-order valence-electron chi connectivity index (χ3n) is 5.32. The molecule has 0 unspecified atom stereocenters. The zero-order chi connectivity index (χ0) is 19.0. The second kappa shape index (κ2) is 6.98. The van der Waals surface area contributed by atoms with E-state index in [1.165, 1.54) is 0 Å². The van der Waals surface area contributed by atoms with E-state index in [1.807, 2.05) is 37.3 Å². The van der Waals surface area contributed by atoms with Crippen molar-refractivity contribution in [1.82, 2.24) is 20.3 Å². The van der Waals surface area contributed by atoms with Crippen LogP contribution in [0.2, 0.25) is 0 Å². The van der Waals surface area contributed by atoms with Crippen LogP contribution in [0.15, 0.2) is 36.5 Å². The fraction of sp³-hybridized carbons (Fsp3) is 0.400. The van der Waals surface area contributed by atoms with E-state index in [1.54, 1.807) is 16.2 Å². The van der Waals surface area contributed by atoms with Gasteiger partial charge in [0.1, 0.15) is 11.7 Å². The van der Waals surface area contributed by atoms with E-state index >= 15 is 0 Å². The number of fused-ring (bicyclic) bond motifs is 2. The highest BCUT2D eigenvalue weighted by Gasteiger charge is 2.40. The Labute approximate surface area is 157 Å². The first-order valence-electron chi connectivity index (χ1n) is 9.34. The van der Waals surface area contributed by atoms with Gasteiger partial charge in [-0.25, -0.2) is 5.01 Å². The molecule has 1 N–H and O–H groups in total. The average molecular weight is 366 g/mol. The molecule has 4 rings (SSSR count). The molecule has 2 atom stereocenters. The van der Waals surface area contributed by atoms with Crippen LogP contribution in [0.1, 0.15) is 43.1 Å². The van der Waals surface area contributed by atoms with E-state index in [0.29, 0.717) is 18.7 Å². The van der Waals surface area contributed by atoms with Gasteiger partial charge in [0.25, 0.3) is 11.8 Å². The molecule has 2 aliphatic rings. The summed E-state index contributed by atoms with van der Waals surface area (Å²) < 4.78 is 0. The molecule has 2 saturated heterocycles. The molecule has 27 heavy (non-hydrogen) atoms. The van der Waals surface area contributed by atoms with E-state index in [4.69, 9.17) is 0 Å². The maximum Gasteiger partial charge on any atom is 0.271 e. The third-order valence-corrected chi connectivity index (χ3v) is 5.32. The Morgan fingerprint density at radius 3 is 2.85 bits per heavy atom. The van der Waals surface area contributed by atoms with Gasteiger partial charge in [0, 0.05) is 24.5 Å². The normalized spacial score (nSPS) is 23.1. The monoisotopic (exact) mass is 366 g/mol. The van der Waals surface area contributed by atoms with Crippen molar-refractivity contribution >= 4 is 28.5 Å². The zero-order valence-corrected chi connectivity index (χ0v) is 15.2. The molecule has 0 radical (unpaired) electrons. The number of carbonyl (C=O) groups excluding carboxylic acids is 3. The average Bonchev–Trinajstić information content (AvgIpc) is 2.80. The summed E-state index contributed by atoms with van der Waals surface area (Å²) in [5, 5.41) is 7.57. The largest absolute Gasteiger partial charge is 0.339 e. The molecule has 0 bridgehead atoms. The number of hydrazine groups is 1. The molecule has 0 spiro atoms. The Morgan fingerprint density at radius 2 is 2.00 bits per heavy atom. The standard InChI is InChI=1S/C20H22N4O3/c1-13-5-4-12-23-17(25)9-8-16(20(27)24(13)23)22-19(26)18-15-7-3-2-6-14(15)10-11-21-18/h2-3,6-7,10-11,13,16H,4-5,8-9,12H2,1H3,(H,22,26)/t13-,16+/m1/s1. The number of benzene rings is 1. The maximum absolute atomic E-state index is 13.1. The smallest absolute Gasteiger partial charge is 0.271 e. The van der Waals surface area contributed by atoms with E-state index in [-0.39, 0.29) is 24.3 Å². The van der Waals surface area contributed by atoms with E-state index < -0.39 is 11.9 Å². The first kappa shape index (κ1) is 17.5. The van der Waals surface area contributed by atoms with Gasteiger partial charge in [0.15, 0.2) is 0 Å². The van der Waals surface area contributed by atoms with Gasteiger partial charge in [-0.2, -0.15) is 0 Å². The number of amides is 3. The summed E-state index contributed by atoms with van der Waals surface area (Å²) >= 11 is 0. The van der Waals surface area contributed by atoms with Crippen molar-refractivity contribution in [2.45, 2.75) is 44.7 Å². The predicted molar refractivity (Wildman–Crippen MR) is 99.5 cm³/mol. The lowest BCUT2D eigenvalue weighted by atomic mass is 10.1. The van der Waals surface area contributed by atoms with Crippen molar-refractivity contribution < 1.29 is 14.4 Å². The van der Waals surface area contributed by atoms with Gasteiger partial charge in [0.05, 0.1) is 6.04 Å². The summed E-state index contributed by atoms with van der Waals surface area (Å²) in [6, 6.07) is 8.56. The number of nitrogens with one attached hydrogen (secondary N) is 1. The number of hydrogen-bond donors (Lipinski definition) is 1.